The Labute approximate surface area is 163 Å². The van der Waals surface area contributed by atoms with Gasteiger partial charge in [-0.1, -0.05) is 72.8 Å². The summed E-state index contributed by atoms with van der Waals surface area (Å²) in [5.74, 6) is 0. The van der Waals surface area contributed by atoms with Gasteiger partial charge in [0, 0.05) is 10.9 Å². The lowest BCUT2D eigenvalue weighted by Gasteiger charge is -2.16. The first-order valence-electron chi connectivity index (χ1n) is 9.47. The van der Waals surface area contributed by atoms with E-state index in [4.69, 9.17) is 0 Å². The number of hydrogen-bond donors (Lipinski definition) is 0. The lowest BCUT2D eigenvalue weighted by Crippen LogP contribution is -2.09. The predicted molar refractivity (Wildman–Crippen MR) is 116 cm³/mol. The summed E-state index contributed by atoms with van der Waals surface area (Å²) in [5.41, 5.74) is 2.90. The first-order valence-corrected chi connectivity index (χ1v) is 10.7. The zero-order valence-corrected chi connectivity index (χ0v) is 16.0. The molecule has 1 heteroatoms. The van der Waals surface area contributed by atoms with Crippen molar-refractivity contribution in [3.8, 4) is 0 Å². The minimum Gasteiger partial charge on any atom is -0.0834 e. The van der Waals surface area contributed by atoms with Gasteiger partial charge in [-0.25, -0.2) is 0 Å². The minimum absolute atomic E-state index is 0.130. The maximum Gasteiger partial charge on any atom is 0.174 e. The Morgan fingerprint density at radius 2 is 1.37 bits per heavy atom. The van der Waals surface area contributed by atoms with Crippen molar-refractivity contribution in [2.24, 2.45) is 0 Å². The van der Waals surface area contributed by atoms with Crippen LogP contribution in [0.15, 0.2) is 112 Å². The third-order valence-electron chi connectivity index (χ3n) is 5.19. The fourth-order valence-electron chi connectivity index (χ4n) is 3.92. The molecular formula is C26H21S+. The Balaban J connectivity index is 1.81. The summed E-state index contributed by atoms with van der Waals surface area (Å²) >= 11 is 0. The summed E-state index contributed by atoms with van der Waals surface area (Å²) in [6, 6.07) is 33.3. The highest BCUT2D eigenvalue weighted by atomic mass is 32.2. The highest BCUT2D eigenvalue weighted by Gasteiger charge is 2.33. The van der Waals surface area contributed by atoms with E-state index in [1.165, 1.54) is 36.6 Å². The molecule has 1 atom stereocenters. The second kappa shape index (κ2) is 7.09. The molecule has 0 heterocycles. The Morgan fingerprint density at radius 3 is 2.30 bits per heavy atom. The van der Waals surface area contributed by atoms with Crippen LogP contribution >= 0.6 is 0 Å². The molecule has 0 aromatic heterocycles. The molecule has 0 spiro atoms. The molecule has 5 rings (SSSR count). The summed E-state index contributed by atoms with van der Waals surface area (Å²) in [6.07, 6.45) is 6.94. The fraction of sp³-hybridized carbons (Fsp3) is 0.0769. The monoisotopic (exact) mass is 365 g/mol. The van der Waals surface area contributed by atoms with Crippen LogP contribution in [0.3, 0.4) is 0 Å². The molecule has 4 aromatic carbocycles. The number of aryl methyl sites for hydroxylation is 1. The van der Waals surface area contributed by atoms with E-state index in [1.807, 2.05) is 0 Å². The Bertz CT molecular complexity index is 1120. The Morgan fingerprint density at radius 1 is 0.630 bits per heavy atom. The first-order chi connectivity index (χ1) is 13.4. The maximum absolute atomic E-state index is 2.34. The van der Waals surface area contributed by atoms with Gasteiger partial charge in [-0.15, -0.1) is 0 Å². The van der Waals surface area contributed by atoms with Gasteiger partial charge in [0.15, 0.2) is 14.7 Å². The number of fused-ring (bicyclic) bond motifs is 2. The van der Waals surface area contributed by atoms with Gasteiger partial charge in [-0.05, 0) is 54.1 Å². The van der Waals surface area contributed by atoms with Crippen molar-refractivity contribution >= 4 is 27.7 Å². The second-order valence-corrected chi connectivity index (χ2v) is 8.83. The van der Waals surface area contributed by atoms with Gasteiger partial charge in [0.2, 0.25) is 0 Å². The molecule has 0 radical (unpaired) electrons. The SMILES string of the molecule is C1=Cc2c(cccc2[S+](c2ccccc2)c2cccc3ccccc23)CC1. The molecule has 0 N–H and O–H groups in total. The summed E-state index contributed by atoms with van der Waals surface area (Å²) < 4.78 is 0. The van der Waals surface area contributed by atoms with Crippen molar-refractivity contribution in [2.75, 3.05) is 0 Å². The molecule has 0 bridgehead atoms. The summed E-state index contributed by atoms with van der Waals surface area (Å²) in [7, 11) is -0.130. The van der Waals surface area contributed by atoms with Crippen molar-refractivity contribution in [3.63, 3.8) is 0 Å². The highest BCUT2D eigenvalue weighted by Crippen LogP contribution is 2.39. The van der Waals surface area contributed by atoms with Crippen LogP contribution in [-0.2, 0) is 17.3 Å². The van der Waals surface area contributed by atoms with Crippen LogP contribution < -0.4 is 0 Å². The largest absolute Gasteiger partial charge is 0.174 e. The molecule has 0 nitrogen and oxygen atoms in total. The van der Waals surface area contributed by atoms with Crippen molar-refractivity contribution in [1.29, 1.82) is 0 Å². The summed E-state index contributed by atoms with van der Waals surface area (Å²) in [6.45, 7) is 0. The molecule has 130 valence electrons. The number of benzene rings is 4. The molecule has 1 aliphatic rings. The lowest BCUT2D eigenvalue weighted by molar-refractivity contribution is 0.974. The Hall–Kier alpha value is -2.77. The Kier molecular flexibility index (Phi) is 4.31. The average molecular weight is 366 g/mol. The van der Waals surface area contributed by atoms with E-state index in [1.54, 1.807) is 0 Å². The first kappa shape index (κ1) is 16.4. The van der Waals surface area contributed by atoms with Gasteiger partial charge < -0.3 is 0 Å². The molecule has 0 aliphatic heterocycles. The number of hydrogen-bond acceptors (Lipinski definition) is 0. The molecule has 0 saturated carbocycles. The van der Waals surface area contributed by atoms with E-state index >= 15 is 0 Å². The molecule has 0 saturated heterocycles. The van der Waals surface area contributed by atoms with Crippen molar-refractivity contribution in [2.45, 2.75) is 27.5 Å². The van der Waals surface area contributed by atoms with E-state index < -0.39 is 0 Å². The third kappa shape index (κ3) is 2.98. The molecule has 0 amide bonds. The van der Waals surface area contributed by atoms with Crippen LogP contribution in [0.2, 0.25) is 0 Å². The zero-order chi connectivity index (χ0) is 18.1. The van der Waals surface area contributed by atoms with E-state index in [2.05, 4.69) is 103 Å². The van der Waals surface area contributed by atoms with E-state index in [9.17, 15) is 0 Å². The van der Waals surface area contributed by atoms with Crippen LogP contribution in [0.5, 0.6) is 0 Å². The topological polar surface area (TPSA) is 0 Å². The van der Waals surface area contributed by atoms with Gasteiger partial charge in [0.05, 0.1) is 0 Å². The van der Waals surface area contributed by atoms with Gasteiger partial charge in [0.25, 0.3) is 0 Å². The smallest absolute Gasteiger partial charge is 0.0834 e. The van der Waals surface area contributed by atoms with E-state index in [-0.39, 0.29) is 10.9 Å². The molecular weight excluding hydrogens is 344 g/mol. The quantitative estimate of drug-likeness (QED) is 0.347. The van der Waals surface area contributed by atoms with Gasteiger partial charge >= 0.3 is 0 Å². The van der Waals surface area contributed by atoms with Crippen LogP contribution in [0.1, 0.15) is 17.5 Å². The fourth-order valence-corrected chi connectivity index (χ4v) is 6.35. The van der Waals surface area contributed by atoms with Crippen molar-refractivity contribution < 1.29 is 0 Å². The highest BCUT2D eigenvalue weighted by molar-refractivity contribution is 7.97. The normalized spacial score (nSPS) is 14.1. The number of rotatable bonds is 3. The maximum atomic E-state index is 2.34. The molecule has 4 aromatic rings. The van der Waals surface area contributed by atoms with Crippen LogP contribution in [-0.4, -0.2) is 0 Å². The van der Waals surface area contributed by atoms with Crippen molar-refractivity contribution in [3.05, 3.63) is 108 Å². The van der Waals surface area contributed by atoms with Crippen LogP contribution in [0.25, 0.3) is 16.8 Å². The zero-order valence-electron chi connectivity index (χ0n) is 15.1. The van der Waals surface area contributed by atoms with Crippen molar-refractivity contribution in [1.82, 2.24) is 0 Å². The van der Waals surface area contributed by atoms with Crippen LogP contribution in [0.4, 0.5) is 0 Å². The average Bonchev–Trinajstić information content (AvgIpc) is 2.75. The van der Waals surface area contributed by atoms with Gasteiger partial charge in [-0.2, -0.15) is 0 Å². The molecule has 27 heavy (non-hydrogen) atoms. The molecule has 1 unspecified atom stereocenters. The lowest BCUT2D eigenvalue weighted by atomic mass is 9.98. The van der Waals surface area contributed by atoms with E-state index in [0.29, 0.717) is 0 Å². The van der Waals surface area contributed by atoms with E-state index in [0.717, 1.165) is 12.8 Å². The van der Waals surface area contributed by atoms with Gasteiger partial charge in [-0.3, -0.25) is 0 Å². The van der Waals surface area contributed by atoms with Gasteiger partial charge in [0.1, 0.15) is 10.9 Å². The van der Waals surface area contributed by atoms with Crippen LogP contribution in [0, 0.1) is 0 Å². The summed E-state index contributed by atoms with van der Waals surface area (Å²) in [5, 5.41) is 2.66. The second-order valence-electron chi connectivity index (χ2n) is 6.87. The molecule has 1 aliphatic carbocycles. The third-order valence-corrected chi connectivity index (χ3v) is 7.52. The standard InChI is InChI=1S/C26H21S/c1-2-14-22(15-3-1)27(25-18-8-12-20-10-4-6-16-23(20)25)26-19-9-13-21-11-5-7-17-24(21)26/h1-4,6-10,12-19H,5,11H2/q+1. The molecule has 0 fully saturated rings. The summed E-state index contributed by atoms with van der Waals surface area (Å²) in [4.78, 5) is 4.22. The predicted octanol–water partition coefficient (Wildman–Crippen LogP) is 6.89. The minimum atomic E-state index is -0.130. The number of allylic oxidation sites excluding steroid dienone is 1.